The SMILES string of the molecule is COc1cc(/C=N/N=C2/NC(=O)[C@H](CC(=O)[O-])S2)ccc1O. The number of benzene rings is 1. The number of rotatable bonds is 5. The van der Waals surface area contributed by atoms with E-state index in [1.54, 1.807) is 12.1 Å². The second-order valence-electron chi connectivity index (χ2n) is 4.25. The molecular weight excluding hydrogens is 310 g/mol. The van der Waals surface area contributed by atoms with Crippen molar-refractivity contribution < 1.29 is 24.5 Å². The molecule has 1 aromatic carbocycles. The molecule has 2 rings (SSSR count). The van der Waals surface area contributed by atoms with Crippen molar-refractivity contribution in [2.45, 2.75) is 11.7 Å². The van der Waals surface area contributed by atoms with Crippen LogP contribution in [-0.4, -0.2) is 40.7 Å². The topological polar surface area (TPSA) is 123 Å². The van der Waals surface area contributed by atoms with Gasteiger partial charge < -0.3 is 25.1 Å². The summed E-state index contributed by atoms with van der Waals surface area (Å²) in [7, 11) is 1.43. The van der Waals surface area contributed by atoms with E-state index in [4.69, 9.17) is 4.74 Å². The van der Waals surface area contributed by atoms with Gasteiger partial charge in [0.05, 0.1) is 18.6 Å². The Morgan fingerprint density at radius 1 is 1.59 bits per heavy atom. The molecule has 1 fully saturated rings. The van der Waals surface area contributed by atoms with Gasteiger partial charge in [-0.2, -0.15) is 5.10 Å². The molecule has 22 heavy (non-hydrogen) atoms. The van der Waals surface area contributed by atoms with Crippen molar-refractivity contribution >= 4 is 35.0 Å². The minimum absolute atomic E-state index is 0.00898. The largest absolute Gasteiger partial charge is 0.550 e. The van der Waals surface area contributed by atoms with Gasteiger partial charge in [-0.25, -0.2) is 0 Å². The normalized spacial score (nSPS) is 19.6. The summed E-state index contributed by atoms with van der Waals surface area (Å²) in [5.74, 6) is -1.42. The minimum Gasteiger partial charge on any atom is -0.550 e. The Morgan fingerprint density at radius 3 is 3.05 bits per heavy atom. The summed E-state index contributed by atoms with van der Waals surface area (Å²) >= 11 is 0.982. The summed E-state index contributed by atoms with van der Waals surface area (Å²) in [4.78, 5) is 22.0. The highest BCUT2D eigenvalue weighted by atomic mass is 32.2. The Hall–Kier alpha value is -2.55. The first-order valence-electron chi connectivity index (χ1n) is 6.15. The number of carboxylic acid groups (broad SMARTS) is 1. The predicted octanol–water partition coefficient (Wildman–Crippen LogP) is -0.538. The zero-order valence-corrected chi connectivity index (χ0v) is 12.3. The highest BCUT2D eigenvalue weighted by Crippen LogP contribution is 2.25. The molecule has 116 valence electrons. The lowest BCUT2D eigenvalue weighted by Gasteiger charge is -2.04. The van der Waals surface area contributed by atoms with Crippen molar-refractivity contribution in [3.8, 4) is 11.5 Å². The first kappa shape index (κ1) is 15.8. The van der Waals surface area contributed by atoms with Gasteiger partial charge in [-0.05, 0) is 23.8 Å². The highest BCUT2D eigenvalue weighted by Gasteiger charge is 2.30. The maximum atomic E-state index is 11.5. The molecule has 1 aliphatic rings. The zero-order chi connectivity index (χ0) is 16.1. The number of thioether (sulfide) groups is 1. The zero-order valence-electron chi connectivity index (χ0n) is 11.5. The van der Waals surface area contributed by atoms with E-state index < -0.39 is 17.1 Å². The number of ether oxygens (including phenoxy) is 1. The number of hydrogen-bond donors (Lipinski definition) is 2. The first-order chi connectivity index (χ1) is 10.5. The molecule has 0 spiro atoms. The van der Waals surface area contributed by atoms with Crippen molar-refractivity contribution in [2.75, 3.05) is 7.11 Å². The molecule has 1 aliphatic heterocycles. The van der Waals surface area contributed by atoms with Gasteiger partial charge in [0, 0.05) is 12.4 Å². The van der Waals surface area contributed by atoms with E-state index in [9.17, 15) is 19.8 Å². The molecule has 1 aromatic rings. The van der Waals surface area contributed by atoms with E-state index in [0.717, 1.165) is 11.8 Å². The monoisotopic (exact) mass is 322 g/mol. The van der Waals surface area contributed by atoms with E-state index in [1.807, 2.05) is 0 Å². The van der Waals surface area contributed by atoms with Crippen LogP contribution < -0.4 is 15.2 Å². The van der Waals surface area contributed by atoms with Crippen molar-refractivity contribution in [1.29, 1.82) is 0 Å². The number of carbonyl (C=O) groups is 2. The first-order valence-corrected chi connectivity index (χ1v) is 7.03. The number of nitrogens with one attached hydrogen (secondary N) is 1. The Morgan fingerprint density at radius 2 is 2.36 bits per heavy atom. The molecule has 0 unspecified atom stereocenters. The number of amidine groups is 1. The maximum absolute atomic E-state index is 11.5. The number of methoxy groups -OCH3 is 1. The van der Waals surface area contributed by atoms with Gasteiger partial charge in [0.15, 0.2) is 16.7 Å². The number of carbonyl (C=O) groups excluding carboxylic acids is 2. The lowest BCUT2D eigenvalue weighted by molar-refractivity contribution is -0.305. The Kier molecular flexibility index (Phi) is 4.99. The number of nitrogens with zero attached hydrogens (tertiary/aromatic N) is 2. The third-order valence-corrected chi connectivity index (χ3v) is 3.76. The lowest BCUT2D eigenvalue weighted by atomic mass is 10.2. The van der Waals surface area contributed by atoms with Crippen LogP contribution in [0.3, 0.4) is 0 Å². The van der Waals surface area contributed by atoms with Crippen molar-refractivity contribution in [3.05, 3.63) is 23.8 Å². The van der Waals surface area contributed by atoms with Gasteiger partial charge in [0.25, 0.3) is 0 Å². The Bertz CT molecular complexity index is 659. The molecule has 0 aliphatic carbocycles. The van der Waals surface area contributed by atoms with Gasteiger partial charge in [0.1, 0.15) is 0 Å². The number of aromatic hydroxyl groups is 1. The molecule has 2 N–H and O–H groups in total. The van der Waals surface area contributed by atoms with Crippen LogP contribution in [0.15, 0.2) is 28.4 Å². The Labute approximate surface area is 129 Å². The fourth-order valence-corrected chi connectivity index (χ4v) is 2.57. The van der Waals surface area contributed by atoms with Crippen LogP contribution in [0.4, 0.5) is 0 Å². The fraction of sp³-hybridized carbons (Fsp3) is 0.231. The summed E-state index contributed by atoms with van der Waals surface area (Å²) in [6.45, 7) is 0. The molecular formula is C13H12N3O5S-. The molecule has 1 saturated heterocycles. The number of phenolic OH excluding ortho intramolecular Hbond substituents is 1. The van der Waals surface area contributed by atoms with Crippen LogP contribution in [-0.2, 0) is 9.59 Å². The smallest absolute Gasteiger partial charge is 0.239 e. The summed E-state index contributed by atoms with van der Waals surface area (Å²) < 4.78 is 4.96. The number of aliphatic carboxylic acids is 1. The standard InChI is InChI=1S/C13H13N3O5S/c1-21-9-4-7(2-3-8(9)17)6-14-16-13-15-12(20)10(22-13)5-11(18)19/h2-4,6,10,17H,5H2,1H3,(H,18,19)(H,15,16,20)/p-1/b14-6+/t10-/m0/s1. The number of phenols is 1. The fourth-order valence-electron chi connectivity index (χ4n) is 1.66. The van der Waals surface area contributed by atoms with E-state index in [1.165, 1.54) is 19.4 Å². The second-order valence-corrected chi connectivity index (χ2v) is 5.44. The van der Waals surface area contributed by atoms with Crippen molar-refractivity contribution in [1.82, 2.24) is 5.32 Å². The molecule has 1 atom stereocenters. The van der Waals surface area contributed by atoms with E-state index in [-0.39, 0.29) is 17.3 Å². The van der Waals surface area contributed by atoms with Crippen molar-refractivity contribution in [2.24, 2.45) is 10.2 Å². The van der Waals surface area contributed by atoms with E-state index in [2.05, 4.69) is 15.5 Å². The van der Waals surface area contributed by atoms with Gasteiger partial charge in [0.2, 0.25) is 5.91 Å². The average Bonchev–Trinajstić information content (AvgIpc) is 2.80. The molecule has 0 aromatic heterocycles. The summed E-state index contributed by atoms with van der Waals surface area (Å²) in [5, 5.41) is 29.5. The van der Waals surface area contributed by atoms with Gasteiger partial charge in [-0.1, -0.05) is 11.8 Å². The predicted molar refractivity (Wildman–Crippen MR) is 78.8 cm³/mol. The van der Waals surface area contributed by atoms with Gasteiger partial charge in [-0.3, -0.25) is 4.79 Å². The minimum atomic E-state index is -1.30. The van der Waals surface area contributed by atoms with Crippen LogP contribution in [0.5, 0.6) is 11.5 Å². The van der Waals surface area contributed by atoms with Gasteiger partial charge in [-0.15, -0.1) is 5.10 Å². The molecule has 8 nitrogen and oxygen atoms in total. The lowest BCUT2D eigenvalue weighted by Crippen LogP contribution is -2.31. The summed E-state index contributed by atoms with van der Waals surface area (Å²) in [5.41, 5.74) is 0.639. The van der Waals surface area contributed by atoms with Crippen LogP contribution in [0.25, 0.3) is 0 Å². The molecule has 1 heterocycles. The van der Waals surface area contributed by atoms with Crippen LogP contribution in [0.2, 0.25) is 0 Å². The van der Waals surface area contributed by atoms with E-state index >= 15 is 0 Å². The van der Waals surface area contributed by atoms with Gasteiger partial charge >= 0.3 is 0 Å². The van der Waals surface area contributed by atoms with Crippen LogP contribution >= 0.6 is 11.8 Å². The molecule has 1 amide bonds. The third-order valence-electron chi connectivity index (χ3n) is 2.69. The second kappa shape index (κ2) is 6.94. The van der Waals surface area contributed by atoms with Crippen LogP contribution in [0.1, 0.15) is 12.0 Å². The number of carboxylic acids is 1. The molecule has 0 saturated carbocycles. The van der Waals surface area contributed by atoms with Crippen molar-refractivity contribution in [3.63, 3.8) is 0 Å². The Balaban J connectivity index is 2.03. The molecule has 9 heteroatoms. The summed E-state index contributed by atoms with van der Waals surface area (Å²) in [6, 6.07) is 4.63. The quantitative estimate of drug-likeness (QED) is 0.554. The molecule has 0 radical (unpaired) electrons. The number of amides is 1. The third kappa shape index (κ3) is 3.98. The molecule has 0 bridgehead atoms. The van der Waals surface area contributed by atoms with E-state index in [0.29, 0.717) is 11.3 Å². The van der Waals surface area contributed by atoms with Crippen LogP contribution in [0, 0.1) is 0 Å². The summed E-state index contributed by atoms with van der Waals surface area (Å²) in [6.07, 6.45) is 1.03. The number of hydrogen-bond acceptors (Lipinski definition) is 8. The maximum Gasteiger partial charge on any atom is 0.239 e. The average molecular weight is 322 g/mol. The highest BCUT2D eigenvalue weighted by molar-refractivity contribution is 8.15.